The molecule has 1 N–H and O–H groups in total. The van der Waals surface area contributed by atoms with Gasteiger partial charge in [-0.15, -0.1) is 0 Å². The summed E-state index contributed by atoms with van der Waals surface area (Å²) in [6, 6.07) is 18.2. The zero-order valence-electron chi connectivity index (χ0n) is 13.4. The number of benzene rings is 2. The lowest BCUT2D eigenvalue weighted by Gasteiger charge is -2.31. The lowest BCUT2D eigenvalue weighted by molar-refractivity contribution is -0.154. The first-order valence-electron chi connectivity index (χ1n) is 8.15. The molecule has 2 aromatic carbocycles. The fraction of sp³-hybridized carbons (Fsp3) is 0.300. The van der Waals surface area contributed by atoms with Crippen LogP contribution in [0.15, 0.2) is 60.7 Å². The average Bonchev–Trinajstić information content (AvgIpc) is 3.00. The van der Waals surface area contributed by atoms with Crippen LogP contribution in [-0.2, 0) is 16.0 Å². The number of hydrogen-bond acceptors (Lipinski definition) is 3. The normalized spacial score (nSPS) is 22.9. The van der Waals surface area contributed by atoms with Gasteiger partial charge in [0.25, 0.3) is 0 Å². The second kappa shape index (κ2) is 6.87. The van der Waals surface area contributed by atoms with E-state index in [9.17, 15) is 14.7 Å². The Morgan fingerprint density at radius 3 is 2.29 bits per heavy atom. The molecule has 1 aliphatic rings. The molecule has 24 heavy (non-hydrogen) atoms. The van der Waals surface area contributed by atoms with Crippen molar-refractivity contribution in [1.82, 2.24) is 0 Å². The number of aliphatic carboxylic acids is 1. The monoisotopic (exact) mass is 324 g/mol. The fourth-order valence-corrected chi connectivity index (χ4v) is 3.47. The quantitative estimate of drug-likeness (QED) is 0.852. The molecule has 2 unspecified atom stereocenters. The van der Waals surface area contributed by atoms with Gasteiger partial charge in [-0.1, -0.05) is 48.5 Å². The number of rotatable bonds is 5. The molecule has 124 valence electrons. The third-order valence-corrected chi connectivity index (χ3v) is 4.75. The maximum absolute atomic E-state index is 12.3. The van der Waals surface area contributed by atoms with E-state index in [1.54, 1.807) is 24.3 Å². The minimum Gasteiger partial charge on any atom is -0.481 e. The molecule has 0 spiro atoms. The van der Waals surface area contributed by atoms with Gasteiger partial charge in [0.2, 0.25) is 0 Å². The van der Waals surface area contributed by atoms with Gasteiger partial charge in [-0.3, -0.25) is 4.79 Å². The van der Waals surface area contributed by atoms with Gasteiger partial charge in [0.05, 0.1) is 5.56 Å². The molecule has 3 rings (SSSR count). The number of carbonyl (C=O) groups is 2. The van der Waals surface area contributed by atoms with Crippen molar-refractivity contribution in [3.8, 4) is 0 Å². The Labute approximate surface area is 141 Å². The van der Waals surface area contributed by atoms with Gasteiger partial charge in [-0.2, -0.15) is 0 Å². The number of carboxylic acids is 1. The largest absolute Gasteiger partial charge is 0.481 e. The van der Waals surface area contributed by atoms with Gasteiger partial charge in [0, 0.05) is 0 Å². The maximum atomic E-state index is 12.3. The van der Waals surface area contributed by atoms with E-state index in [1.807, 2.05) is 36.4 Å². The van der Waals surface area contributed by atoms with Crippen molar-refractivity contribution < 1.29 is 19.4 Å². The lowest BCUT2D eigenvalue weighted by Crippen LogP contribution is -2.42. The number of carbonyl (C=O) groups excluding carboxylic acids is 1. The summed E-state index contributed by atoms with van der Waals surface area (Å²) >= 11 is 0. The number of hydrogen-bond donors (Lipinski definition) is 1. The molecule has 2 aromatic rings. The highest BCUT2D eigenvalue weighted by atomic mass is 16.5. The summed E-state index contributed by atoms with van der Waals surface area (Å²) in [5.41, 5.74) is 0.345. The van der Waals surface area contributed by atoms with Crippen molar-refractivity contribution in [2.75, 3.05) is 0 Å². The Kier molecular flexibility index (Phi) is 4.65. The number of ether oxygens (including phenoxy) is 1. The molecule has 1 aliphatic carbocycles. The van der Waals surface area contributed by atoms with Crippen LogP contribution >= 0.6 is 0 Å². The van der Waals surface area contributed by atoms with E-state index < -0.39 is 23.5 Å². The molecule has 1 fully saturated rings. The highest BCUT2D eigenvalue weighted by molar-refractivity contribution is 5.90. The van der Waals surface area contributed by atoms with Gasteiger partial charge in [-0.25, -0.2) is 4.79 Å². The van der Waals surface area contributed by atoms with Crippen LogP contribution in [0.4, 0.5) is 0 Å². The molecule has 4 heteroatoms. The van der Waals surface area contributed by atoms with Crippen molar-refractivity contribution in [1.29, 1.82) is 0 Å². The molecule has 0 aliphatic heterocycles. The third kappa shape index (κ3) is 3.18. The minimum atomic E-state index is -1.05. The summed E-state index contributed by atoms with van der Waals surface area (Å²) in [4.78, 5) is 24.4. The zero-order chi connectivity index (χ0) is 17.0. The summed E-state index contributed by atoms with van der Waals surface area (Å²) < 4.78 is 5.63. The molecule has 0 bridgehead atoms. The van der Waals surface area contributed by atoms with Crippen molar-refractivity contribution in [2.24, 2.45) is 5.41 Å². The van der Waals surface area contributed by atoms with Crippen LogP contribution in [0.1, 0.15) is 35.2 Å². The van der Waals surface area contributed by atoms with E-state index >= 15 is 0 Å². The van der Waals surface area contributed by atoms with Gasteiger partial charge in [-0.05, 0) is 43.4 Å². The predicted molar refractivity (Wildman–Crippen MR) is 89.7 cm³/mol. The highest BCUT2D eigenvalue weighted by Crippen LogP contribution is 2.43. The van der Waals surface area contributed by atoms with E-state index in [4.69, 9.17) is 4.74 Å². The lowest BCUT2D eigenvalue weighted by atomic mass is 9.78. The first kappa shape index (κ1) is 16.2. The fourth-order valence-electron chi connectivity index (χ4n) is 3.47. The standard InChI is InChI=1S/C20H20O4/c21-18(16-10-5-2-6-11-16)24-17-12-7-13-20(17,19(22)23)14-15-8-3-1-4-9-15/h1-6,8-11,17H,7,12-14H2,(H,22,23). The molecule has 4 nitrogen and oxygen atoms in total. The Morgan fingerprint density at radius 1 is 1.04 bits per heavy atom. The first-order chi connectivity index (χ1) is 11.6. The highest BCUT2D eigenvalue weighted by Gasteiger charge is 2.51. The molecule has 0 heterocycles. The van der Waals surface area contributed by atoms with E-state index in [0.29, 0.717) is 24.8 Å². The summed E-state index contributed by atoms with van der Waals surface area (Å²) in [6.45, 7) is 0. The van der Waals surface area contributed by atoms with Crippen molar-refractivity contribution in [3.05, 3.63) is 71.8 Å². The molecule has 0 aromatic heterocycles. The molecule has 0 radical (unpaired) electrons. The van der Waals surface area contributed by atoms with Crippen LogP contribution in [0.2, 0.25) is 0 Å². The van der Waals surface area contributed by atoms with Crippen LogP contribution in [0.3, 0.4) is 0 Å². The van der Waals surface area contributed by atoms with E-state index in [1.165, 1.54) is 0 Å². The average molecular weight is 324 g/mol. The Morgan fingerprint density at radius 2 is 1.67 bits per heavy atom. The topological polar surface area (TPSA) is 63.6 Å². The summed E-state index contributed by atoms with van der Waals surface area (Å²) in [7, 11) is 0. The second-order valence-electron chi connectivity index (χ2n) is 6.28. The van der Waals surface area contributed by atoms with E-state index in [0.717, 1.165) is 12.0 Å². The summed E-state index contributed by atoms with van der Waals surface area (Å²) in [5, 5.41) is 9.89. The molecule has 2 atom stereocenters. The zero-order valence-corrected chi connectivity index (χ0v) is 13.4. The van der Waals surface area contributed by atoms with E-state index in [2.05, 4.69) is 0 Å². The second-order valence-corrected chi connectivity index (χ2v) is 6.28. The van der Waals surface area contributed by atoms with Crippen molar-refractivity contribution in [2.45, 2.75) is 31.8 Å². The SMILES string of the molecule is O=C(OC1CCCC1(Cc1ccccc1)C(=O)O)c1ccccc1. The Bertz CT molecular complexity index is 711. The van der Waals surface area contributed by atoms with Crippen LogP contribution in [0.5, 0.6) is 0 Å². The van der Waals surface area contributed by atoms with Crippen LogP contribution in [-0.4, -0.2) is 23.1 Å². The summed E-state index contributed by atoms with van der Waals surface area (Å²) in [5.74, 6) is -1.35. The number of carboxylic acid groups (broad SMARTS) is 1. The minimum absolute atomic E-state index is 0.371. The molecular formula is C20H20O4. The van der Waals surface area contributed by atoms with Crippen molar-refractivity contribution >= 4 is 11.9 Å². The Hall–Kier alpha value is -2.62. The van der Waals surface area contributed by atoms with E-state index in [-0.39, 0.29) is 0 Å². The number of esters is 1. The van der Waals surface area contributed by atoms with Gasteiger partial charge >= 0.3 is 11.9 Å². The van der Waals surface area contributed by atoms with Gasteiger partial charge in [0.1, 0.15) is 11.5 Å². The summed E-state index contributed by atoms with van der Waals surface area (Å²) in [6.07, 6.45) is 1.60. The molecule has 0 saturated heterocycles. The molecule has 1 saturated carbocycles. The maximum Gasteiger partial charge on any atom is 0.338 e. The van der Waals surface area contributed by atoms with Crippen LogP contribution < -0.4 is 0 Å². The molecular weight excluding hydrogens is 304 g/mol. The predicted octanol–water partition coefficient (Wildman–Crippen LogP) is 3.71. The smallest absolute Gasteiger partial charge is 0.338 e. The first-order valence-corrected chi connectivity index (χ1v) is 8.15. The van der Waals surface area contributed by atoms with Gasteiger partial charge in [0.15, 0.2) is 0 Å². The van der Waals surface area contributed by atoms with Crippen molar-refractivity contribution in [3.63, 3.8) is 0 Å². The molecule has 0 amide bonds. The Balaban J connectivity index is 1.83. The van der Waals surface area contributed by atoms with Crippen LogP contribution in [0, 0.1) is 5.41 Å². The third-order valence-electron chi connectivity index (χ3n) is 4.75. The van der Waals surface area contributed by atoms with Gasteiger partial charge < -0.3 is 9.84 Å². The van der Waals surface area contributed by atoms with Crippen LogP contribution in [0.25, 0.3) is 0 Å².